The van der Waals surface area contributed by atoms with Crippen molar-refractivity contribution in [2.24, 2.45) is 0 Å². The molecule has 2 aromatic carbocycles. The number of benzene rings is 2. The molecule has 0 bridgehead atoms. The van der Waals surface area contributed by atoms with Crippen molar-refractivity contribution in [1.29, 1.82) is 0 Å². The Morgan fingerprint density at radius 1 is 1.07 bits per heavy atom. The third kappa shape index (κ3) is 4.82. The number of amides is 1. The van der Waals surface area contributed by atoms with Crippen LogP contribution in [0.15, 0.2) is 42.5 Å². The second kappa shape index (κ2) is 9.08. The maximum Gasteiger partial charge on any atom is 0.335 e. The number of carbonyl (C=O) groups is 2. The van der Waals surface area contributed by atoms with E-state index in [1.807, 2.05) is 0 Å². The van der Waals surface area contributed by atoms with Gasteiger partial charge in [-0.1, -0.05) is 24.6 Å². The Balaban J connectivity index is 1.84. The number of halogens is 1. The van der Waals surface area contributed by atoms with Gasteiger partial charge in [-0.05, 0) is 49.4 Å². The predicted octanol–water partition coefficient (Wildman–Crippen LogP) is 3.82. The lowest BCUT2D eigenvalue weighted by Gasteiger charge is -2.36. The maximum absolute atomic E-state index is 12.7. The fourth-order valence-electron chi connectivity index (χ4n) is 3.40. The summed E-state index contributed by atoms with van der Waals surface area (Å²) < 4.78 is 0. The summed E-state index contributed by atoms with van der Waals surface area (Å²) in [5, 5.41) is 12.7. The Hall–Kier alpha value is -2.57. The summed E-state index contributed by atoms with van der Waals surface area (Å²) in [7, 11) is 0. The molecule has 148 valence electrons. The lowest BCUT2D eigenvalue weighted by molar-refractivity contribution is 0.0696. The van der Waals surface area contributed by atoms with E-state index >= 15 is 0 Å². The number of rotatable bonds is 6. The Morgan fingerprint density at radius 3 is 2.46 bits per heavy atom. The van der Waals surface area contributed by atoms with E-state index in [0.29, 0.717) is 16.3 Å². The van der Waals surface area contributed by atoms with Gasteiger partial charge < -0.3 is 15.3 Å². The van der Waals surface area contributed by atoms with Gasteiger partial charge in [-0.3, -0.25) is 9.69 Å². The molecule has 1 aliphatic heterocycles. The summed E-state index contributed by atoms with van der Waals surface area (Å²) in [6.07, 6.45) is 1.12. The van der Waals surface area contributed by atoms with E-state index < -0.39 is 5.97 Å². The van der Waals surface area contributed by atoms with E-state index in [9.17, 15) is 14.7 Å². The first-order valence-corrected chi connectivity index (χ1v) is 9.77. The van der Waals surface area contributed by atoms with Gasteiger partial charge >= 0.3 is 5.97 Å². The van der Waals surface area contributed by atoms with Crippen molar-refractivity contribution < 1.29 is 14.7 Å². The average molecular weight is 402 g/mol. The standard InChI is InChI=1S/C21H24ClN3O3/c1-2-8-24-9-11-25(12-10-24)19-7-6-16(21(27)28)14-18(19)23-20(26)15-4-3-5-17(22)13-15/h3-7,13-14H,2,8-12H2,1H3,(H,23,26)(H,27,28). The van der Waals surface area contributed by atoms with Crippen LogP contribution in [0.5, 0.6) is 0 Å². The molecule has 1 fully saturated rings. The van der Waals surface area contributed by atoms with Gasteiger partial charge in [0.2, 0.25) is 0 Å². The Morgan fingerprint density at radius 2 is 1.82 bits per heavy atom. The number of carboxylic acids is 1. The molecule has 1 saturated heterocycles. The SMILES string of the molecule is CCCN1CCN(c2ccc(C(=O)O)cc2NC(=O)c2cccc(Cl)c2)CC1. The van der Waals surface area contributed by atoms with Crippen molar-refractivity contribution >= 4 is 34.9 Å². The van der Waals surface area contributed by atoms with Crippen LogP contribution < -0.4 is 10.2 Å². The molecule has 0 unspecified atom stereocenters. The van der Waals surface area contributed by atoms with Gasteiger partial charge in [0, 0.05) is 36.8 Å². The number of hydrogen-bond acceptors (Lipinski definition) is 4. The van der Waals surface area contributed by atoms with Crippen molar-refractivity contribution in [2.75, 3.05) is 42.9 Å². The van der Waals surface area contributed by atoms with Gasteiger partial charge in [0.15, 0.2) is 0 Å². The second-order valence-electron chi connectivity index (χ2n) is 6.83. The number of hydrogen-bond donors (Lipinski definition) is 2. The number of carboxylic acid groups (broad SMARTS) is 1. The number of aromatic carboxylic acids is 1. The molecule has 1 heterocycles. The Kier molecular flexibility index (Phi) is 6.54. The summed E-state index contributed by atoms with van der Waals surface area (Å²) >= 11 is 5.98. The number of piperazine rings is 1. The van der Waals surface area contributed by atoms with E-state index in [2.05, 4.69) is 22.0 Å². The topological polar surface area (TPSA) is 72.9 Å². The molecule has 0 atom stereocenters. The molecule has 0 spiro atoms. The Bertz CT molecular complexity index is 864. The summed E-state index contributed by atoms with van der Waals surface area (Å²) in [6, 6.07) is 11.5. The minimum atomic E-state index is -1.03. The predicted molar refractivity (Wildman–Crippen MR) is 112 cm³/mol. The van der Waals surface area contributed by atoms with Gasteiger partial charge in [0.1, 0.15) is 0 Å². The van der Waals surface area contributed by atoms with Crippen molar-refractivity contribution in [3.05, 3.63) is 58.6 Å². The average Bonchev–Trinajstić information content (AvgIpc) is 2.69. The number of anilines is 2. The molecule has 0 aromatic heterocycles. The van der Waals surface area contributed by atoms with Crippen molar-refractivity contribution in [2.45, 2.75) is 13.3 Å². The third-order valence-electron chi connectivity index (χ3n) is 4.83. The quantitative estimate of drug-likeness (QED) is 0.769. The van der Waals surface area contributed by atoms with Crippen LogP contribution in [0.2, 0.25) is 5.02 Å². The van der Waals surface area contributed by atoms with E-state index in [-0.39, 0.29) is 11.5 Å². The highest BCUT2D eigenvalue weighted by atomic mass is 35.5. The molecule has 0 saturated carbocycles. The maximum atomic E-state index is 12.7. The van der Waals surface area contributed by atoms with Crippen molar-refractivity contribution in [3.63, 3.8) is 0 Å². The zero-order valence-electron chi connectivity index (χ0n) is 15.8. The molecule has 2 aromatic rings. The van der Waals surface area contributed by atoms with Gasteiger partial charge in [0.25, 0.3) is 5.91 Å². The molecule has 1 amide bonds. The molecule has 3 rings (SSSR count). The summed E-state index contributed by atoms with van der Waals surface area (Å²) in [4.78, 5) is 28.7. The van der Waals surface area contributed by atoms with Gasteiger partial charge in [-0.25, -0.2) is 4.79 Å². The first-order chi connectivity index (χ1) is 13.5. The van der Waals surface area contributed by atoms with Crippen LogP contribution in [-0.2, 0) is 0 Å². The molecule has 0 radical (unpaired) electrons. The van der Waals surface area contributed by atoms with Crippen molar-refractivity contribution in [3.8, 4) is 0 Å². The molecular weight excluding hydrogens is 378 g/mol. The highest BCUT2D eigenvalue weighted by Gasteiger charge is 2.21. The van der Waals surface area contributed by atoms with Crippen LogP contribution in [0.25, 0.3) is 0 Å². The largest absolute Gasteiger partial charge is 0.478 e. The van der Waals surface area contributed by atoms with Crippen LogP contribution in [-0.4, -0.2) is 54.6 Å². The normalized spacial score (nSPS) is 14.7. The van der Waals surface area contributed by atoms with Gasteiger partial charge in [-0.15, -0.1) is 0 Å². The van der Waals surface area contributed by atoms with Crippen LogP contribution in [0.3, 0.4) is 0 Å². The molecule has 28 heavy (non-hydrogen) atoms. The highest BCUT2D eigenvalue weighted by molar-refractivity contribution is 6.31. The van der Waals surface area contributed by atoms with Crippen LogP contribution >= 0.6 is 11.6 Å². The fraction of sp³-hybridized carbons (Fsp3) is 0.333. The number of nitrogens with one attached hydrogen (secondary N) is 1. The van der Waals surface area contributed by atoms with Crippen LogP contribution in [0.4, 0.5) is 11.4 Å². The molecule has 7 heteroatoms. The van der Waals surface area contributed by atoms with Gasteiger partial charge in [0.05, 0.1) is 16.9 Å². The first-order valence-electron chi connectivity index (χ1n) is 9.39. The Labute approximate surface area is 169 Å². The zero-order chi connectivity index (χ0) is 20.1. The molecule has 2 N–H and O–H groups in total. The number of nitrogens with zero attached hydrogens (tertiary/aromatic N) is 2. The van der Waals surface area contributed by atoms with Crippen LogP contribution in [0.1, 0.15) is 34.1 Å². The highest BCUT2D eigenvalue weighted by Crippen LogP contribution is 2.29. The minimum Gasteiger partial charge on any atom is -0.478 e. The van der Waals surface area contributed by atoms with Crippen LogP contribution in [0, 0.1) is 0 Å². The van der Waals surface area contributed by atoms with E-state index in [1.54, 1.807) is 36.4 Å². The van der Waals surface area contributed by atoms with E-state index in [0.717, 1.165) is 44.8 Å². The van der Waals surface area contributed by atoms with E-state index in [4.69, 9.17) is 11.6 Å². The summed E-state index contributed by atoms with van der Waals surface area (Å²) in [5.41, 5.74) is 1.88. The molecule has 6 nitrogen and oxygen atoms in total. The van der Waals surface area contributed by atoms with Gasteiger partial charge in [-0.2, -0.15) is 0 Å². The third-order valence-corrected chi connectivity index (χ3v) is 5.07. The zero-order valence-corrected chi connectivity index (χ0v) is 16.6. The first kappa shape index (κ1) is 20.2. The van der Waals surface area contributed by atoms with E-state index in [1.165, 1.54) is 6.07 Å². The fourth-order valence-corrected chi connectivity index (χ4v) is 3.59. The summed E-state index contributed by atoms with van der Waals surface area (Å²) in [6.45, 7) is 6.77. The monoisotopic (exact) mass is 401 g/mol. The molecule has 1 aliphatic rings. The minimum absolute atomic E-state index is 0.134. The van der Waals surface area contributed by atoms with Crippen molar-refractivity contribution in [1.82, 2.24) is 4.90 Å². The summed E-state index contributed by atoms with van der Waals surface area (Å²) in [5.74, 6) is -1.35. The lowest BCUT2D eigenvalue weighted by Crippen LogP contribution is -2.46. The molecule has 0 aliphatic carbocycles. The smallest absolute Gasteiger partial charge is 0.335 e. The lowest BCUT2D eigenvalue weighted by atomic mass is 10.1. The number of carbonyl (C=O) groups excluding carboxylic acids is 1. The second-order valence-corrected chi connectivity index (χ2v) is 7.27. The molecular formula is C21H24ClN3O3.